The van der Waals surface area contributed by atoms with Crippen molar-refractivity contribution in [1.82, 2.24) is 15.5 Å². The van der Waals surface area contributed by atoms with E-state index in [0.29, 0.717) is 31.3 Å². The standard InChI is InChI=1S/C8H14N4O2/c9-2-1-7-11-8(12-14-7)6-5-13-4-3-10-6/h6,10H,1-5,9H2. The molecule has 6 heteroatoms. The van der Waals surface area contributed by atoms with Crippen molar-refractivity contribution < 1.29 is 9.26 Å². The molecule has 1 saturated heterocycles. The first-order valence-corrected chi connectivity index (χ1v) is 4.74. The van der Waals surface area contributed by atoms with Crippen molar-refractivity contribution in [1.29, 1.82) is 0 Å². The summed E-state index contributed by atoms with van der Waals surface area (Å²) in [5, 5.41) is 7.12. The summed E-state index contributed by atoms with van der Waals surface area (Å²) in [4.78, 5) is 4.22. The summed E-state index contributed by atoms with van der Waals surface area (Å²) >= 11 is 0. The van der Waals surface area contributed by atoms with E-state index >= 15 is 0 Å². The van der Waals surface area contributed by atoms with Crippen molar-refractivity contribution in [3.63, 3.8) is 0 Å². The molecule has 0 aromatic carbocycles. The molecular weight excluding hydrogens is 184 g/mol. The van der Waals surface area contributed by atoms with Crippen LogP contribution in [0.1, 0.15) is 17.8 Å². The van der Waals surface area contributed by atoms with Crippen LogP contribution in [-0.2, 0) is 11.2 Å². The number of hydrogen-bond donors (Lipinski definition) is 2. The van der Waals surface area contributed by atoms with Gasteiger partial charge in [-0.15, -0.1) is 0 Å². The normalized spacial score (nSPS) is 22.5. The van der Waals surface area contributed by atoms with Crippen LogP contribution in [0.25, 0.3) is 0 Å². The zero-order valence-electron chi connectivity index (χ0n) is 7.90. The fourth-order valence-corrected chi connectivity index (χ4v) is 1.37. The molecule has 1 aliphatic rings. The molecule has 2 rings (SSSR count). The van der Waals surface area contributed by atoms with Gasteiger partial charge in [-0.2, -0.15) is 4.98 Å². The van der Waals surface area contributed by atoms with E-state index in [2.05, 4.69) is 15.5 Å². The lowest BCUT2D eigenvalue weighted by molar-refractivity contribution is 0.0734. The zero-order valence-corrected chi connectivity index (χ0v) is 7.90. The molecule has 14 heavy (non-hydrogen) atoms. The van der Waals surface area contributed by atoms with Crippen LogP contribution in [0.4, 0.5) is 0 Å². The molecular formula is C8H14N4O2. The number of ether oxygens (including phenoxy) is 1. The van der Waals surface area contributed by atoms with E-state index in [-0.39, 0.29) is 6.04 Å². The topological polar surface area (TPSA) is 86.2 Å². The Hall–Kier alpha value is -0.980. The molecule has 0 saturated carbocycles. The Bertz CT molecular complexity index is 283. The third kappa shape index (κ3) is 2.09. The Kier molecular flexibility index (Phi) is 3.07. The molecule has 0 amide bonds. The molecule has 1 unspecified atom stereocenters. The van der Waals surface area contributed by atoms with Crippen LogP contribution in [0.15, 0.2) is 4.52 Å². The molecule has 0 spiro atoms. The molecule has 1 atom stereocenters. The Labute approximate surface area is 81.8 Å². The van der Waals surface area contributed by atoms with E-state index in [4.69, 9.17) is 15.0 Å². The molecule has 1 aromatic rings. The number of rotatable bonds is 3. The number of aromatic nitrogens is 2. The lowest BCUT2D eigenvalue weighted by atomic mass is 10.2. The average Bonchev–Trinajstić information content (AvgIpc) is 2.68. The molecule has 6 nitrogen and oxygen atoms in total. The maximum atomic E-state index is 5.38. The first-order chi connectivity index (χ1) is 6.90. The quantitative estimate of drug-likeness (QED) is 0.663. The van der Waals surface area contributed by atoms with Crippen molar-refractivity contribution in [3.8, 4) is 0 Å². The Morgan fingerprint density at radius 3 is 3.21 bits per heavy atom. The van der Waals surface area contributed by atoms with E-state index in [1.807, 2.05) is 0 Å². The Morgan fingerprint density at radius 2 is 2.50 bits per heavy atom. The molecule has 3 N–H and O–H groups in total. The molecule has 0 radical (unpaired) electrons. The average molecular weight is 198 g/mol. The van der Waals surface area contributed by atoms with Crippen LogP contribution < -0.4 is 11.1 Å². The molecule has 1 fully saturated rings. The molecule has 0 bridgehead atoms. The van der Waals surface area contributed by atoms with Gasteiger partial charge in [-0.3, -0.25) is 0 Å². The predicted octanol–water partition coefficient (Wildman–Crippen LogP) is -0.768. The van der Waals surface area contributed by atoms with E-state index in [0.717, 1.165) is 13.2 Å². The smallest absolute Gasteiger partial charge is 0.227 e. The van der Waals surface area contributed by atoms with Gasteiger partial charge >= 0.3 is 0 Å². The van der Waals surface area contributed by atoms with Crippen LogP contribution >= 0.6 is 0 Å². The summed E-state index contributed by atoms with van der Waals surface area (Å²) in [7, 11) is 0. The minimum atomic E-state index is 0.0547. The lowest BCUT2D eigenvalue weighted by Crippen LogP contribution is -2.35. The van der Waals surface area contributed by atoms with E-state index in [1.54, 1.807) is 0 Å². The minimum absolute atomic E-state index is 0.0547. The predicted molar refractivity (Wildman–Crippen MR) is 48.6 cm³/mol. The Balaban J connectivity index is 2.00. The third-order valence-corrected chi connectivity index (χ3v) is 2.08. The number of morpholine rings is 1. The summed E-state index contributed by atoms with van der Waals surface area (Å²) < 4.78 is 10.3. The largest absolute Gasteiger partial charge is 0.378 e. The molecule has 0 aliphatic carbocycles. The van der Waals surface area contributed by atoms with Crippen molar-refractivity contribution in [2.75, 3.05) is 26.3 Å². The van der Waals surface area contributed by atoms with Gasteiger partial charge in [0.25, 0.3) is 0 Å². The van der Waals surface area contributed by atoms with Crippen molar-refractivity contribution in [3.05, 3.63) is 11.7 Å². The van der Waals surface area contributed by atoms with Gasteiger partial charge in [-0.25, -0.2) is 0 Å². The highest BCUT2D eigenvalue weighted by atomic mass is 16.5. The minimum Gasteiger partial charge on any atom is -0.378 e. The van der Waals surface area contributed by atoms with Gasteiger partial charge in [-0.05, 0) is 0 Å². The van der Waals surface area contributed by atoms with Crippen molar-refractivity contribution in [2.45, 2.75) is 12.5 Å². The highest BCUT2D eigenvalue weighted by molar-refractivity contribution is 4.95. The maximum absolute atomic E-state index is 5.38. The number of nitrogens with two attached hydrogens (primary N) is 1. The van der Waals surface area contributed by atoms with Gasteiger partial charge in [0.1, 0.15) is 0 Å². The summed E-state index contributed by atoms with van der Waals surface area (Å²) in [6.45, 7) is 2.69. The lowest BCUT2D eigenvalue weighted by Gasteiger charge is -2.20. The second-order valence-electron chi connectivity index (χ2n) is 3.17. The van der Waals surface area contributed by atoms with Gasteiger partial charge in [0, 0.05) is 19.5 Å². The molecule has 1 aromatic heterocycles. The second kappa shape index (κ2) is 4.50. The zero-order chi connectivity index (χ0) is 9.80. The summed E-state index contributed by atoms with van der Waals surface area (Å²) in [5.41, 5.74) is 5.38. The fourth-order valence-electron chi connectivity index (χ4n) is 1.37. The third-order valence-electron chi connectivity index (χ3n) is 2.08. The summed E-state index contributed by atoms with van der Waals surface area (Å²) in [6, 6.07) is 0.0547. The second-order valence-corrected chi connectivity index (χ2v) is 3.17. The van der Waals surface area contributed by atoms with E-state index < -0.39 is 0 Å². The van der Waals surface area contributed by atoms with Crippen molar-refractivity contribution in [2.24, 2.45) is 5.73 Å². The van der Waals surface area contributed by atoms with Gasteiger partial charge in [0.15, 0.2) is 5.82 Å². The van der Waals surface area contributed by atoms with E-state index in [9.17, 15) is 0 Å². The summed E-state index contributed by atoms with van der Waals surface area (Å²) in [6.07, 6.45) is 0.626. The van der Waals surface area contributed by atoms with Crippen LogP contribution in [0.3, 0.4) is 0 Å². The summed E-state index contributed by atoms with van der Waals surface area (Å²) in [5.74, 6) is 1.25. The molecule has 2 heterocycles. The van der Waals surface area contributed by atoms with Crippen molar-refractivity contribution >= 4 is 0 Å². The highest BCUT2D eigenvalue weighted by Gasteiger charge is 2.20. The van der Waals surface area contributed by atoms with E-state index in [1.165, 1.54) is 0 Å². The Morgan fingerprint density at radius 1 is 1.57 bits per heavy atom. The van der Waals surface area contributed by atoms with Gasteiger partial charge in [-0.1, -0.05) is 5.16 Å². The van der Waals surface area contributed by atoms with Crippen LogP contribution in [0.2, 0.25) is 0 Å². The van der Waals surface area contributed by atoms with Crippen LogP contribution in [0, 0.1) is 0 Å². The monoisotopic (exact) mass is 198 g/mol. The van der Waals surface area contributed by atoms with Gasteiger partial charge in [0.05, 0.1) is 19.3 Å². The highest BCUT2D eigenvalue weighted by Crippen LogP contribution is 2.12. The van der Waals surface area contributed by atoms with Gasteiger partial charge < -0.3 is 20.3 Å². The fraction of sp³-hybridized carbons (Fsp3) is 0.750. The first kappa shape index (κ1) is 9.57. The SMILES string of the molecule is NCCc1nc(C2COCCN2)no1. The van der Waals surface area contributed by atoms with Crippen LogP contribution in [0.5, 0.6) is 0 Å². The number of hydrogen-bond acceptors (Lipinski definition) is 6. The molecule has 1 aliphatic heterocycles. The first-order valence-electron chi connectivity index (χ1n) is 4.74. The van der Waals surface area contributed by atoms with Crippen LogP contribution in [-0.4, -0.2) is 36.4 Å². The number of nitrogens with zero attached hydrogens (tertiary/aromatic N) is 2. The van der Waals surface area contributed by atoms with Gasteiger partial charge in [0.2, 0.25) is 5.89 Å². The number of nitrogens with one attached hydrogen (secondary N) is 1. The molecule has 78 valence electrons. The maximum Gasteiger partial charge on any atom is 0.227 e.